The first-order chi connectivity index (χ1) is 5.91. The van der Waals surface area contributed by atoms with Gasteiger partial charge in [-0.3, -0.25) is 4.79 Å². The quantitative estimate of drug-likeness (QED) is 0.265. The van der Waals surface area contributed by atoms with Gasteiger partial charge in [-0.25, -0.2) is 4.79 Å². The molecule has 1 unspecified atom stereocenters. The van der Waals surface area contributed by atoms with Crippen molar-refractivity contribution in [2.75, 3.05) is 6.61 Å². The third kappa shape index (κ3) is 2.73. The second-order valence-corrected chi connectivity index (χ2v) is 2.07. The van der Waals surface area contributed by atoms with E-state index in [9.17, 15) is 9.59 Å². The monoisotopic (exact) mass is 192 g/mol. The molecule has 0 aliphatic carbocycles. The summed E-state index contributed by atoms with van der Waals surface area (Å²) in [5, 5.41) is 42.3. The summed E-state index contributed by atoms with van der Waals surface area (Å²) in [7, 11) is 0. The molecule has 0 bridgehead atoms. The normalized spacial score (nSPS) is 14.6. The van der Waals surface area contributed by atoms with Crippen molar-refractivity contribution in [3.63, 3.8) is 0 Å². The molecule has 0 amide bonds. The molecule has 0 rings (SSSR count). The highest BCUT2D eigenvalue weighted by molar-refractivity contribution is 5.90. The Hall–Kier alpha value is -1.60. The molecule has 13 heavy (non-hydrogen) atoms. The lowest BCUT2D eigenvalue weighted by Gasteiger charge is -2.06. The first kappa shape index (κ1) is 11.4. The zero-order valence-electron chi connectivity index (χ0n) is 6.34. The van der Waals surface area contributed by atoms with Crippen LogP contribution in [0.3, 0.4) is 0 Å². The summed E-state index contributed by atoms with van der Waals surface area (Å²) in [6, 6.07) is 0. The van der Waals surface area contributed by atoms with Gasteiger partial charge in [0.1, 0.15) is 6.61 Å². The van der Waals surface area contributed by atoms with Crippen molar-refractivity contribution in [2.24, 2.45) is 0 Å². The van der Waals surface area contributed by atoms with E-state index in [1.165, 1.54) is 0 Å². The fourth-order valence-corrected chi connectivity index (χ4v) is 0.478. The molecule has 0 aliphatic heterocycles. The van der Waals surface area contributed by atoms with Crippen molar-refractivity contribution >= 4 is 11.8 Å². The smallest absolute Gasteiger partial charge is 0.374 e. The third-order valence-electron chi connectivity index (χ3n) is 1.17. The molecule has 0 spiro atoms. The number of hydrogen-bond acceptors (Lipinski definition) is 6. The number of carboxylic acids is 1. The largest absolute Gasteiger partial charge is 0.506 e. The molecule has 0 aromatic rings. The summed E-state index contributed by atoms with van der Waals surface area (Å²) in [6.07, 6.45) is -2.22. The topological polar surface area (TPSA) is 135 Å². The molecule has 5 N–H and O–H groups in total. The van der Waals surface area contributed by atoms with Gasteiger partial charge in [0.2, 0.25) is 5.76 Å². The molecule has 0 radical (unpaired) electrons. The number of carbonyl (C=O) groups is 2. The Kier molecular flexibility index (Phi) is 3.89. The van der Waals surface area contributed by atoms with Gasteiger partial charge in [-0.2, -0.15) is 0 Å². The van der Waals surface area contributed by atoms with Gasteiger partial charge in [0, 0.05) is 0 Å². The average molecular weight is 192 g/mol. The van der Waals surface area contributed by atoms with Gasteiger partial charge in [-0.15, -0.1) is 0 Å². The van der Waals surface area contributed by atoms with Crippen LogP contribution in [0.2, 0.25) is 0 Å². The van der Waals surface area contributed by atoms with Crippen LogP contribution in [0, 0.1) is 0 Å². The van der Waals surface area contributed by atoms with Crippen LogP contribution in [0.4, 0.5) is 0 Å². The number of aliphatic carboxylic acids is 1. The molecule has 0 saturated heterocycles. The highest BCUT2D eigenvalue weighted by atomic mass is 16.4. The van der Waals surface area contributed by atoms with Gasteiger partial charge in [0.25, 0.3) is 0 Å². The van der Waals surface area contributed by atoms with E-state index >= 15 is 0 Å². The molecule has 0 fully saturated rings. The second-order valence-electron chi connectivity index (χ2n) is 2.07. The molecule has 0 heterocycles. The van der Waals surface area contributed by atoms with E-state index in [2.05, 4.69) is 0 Å². The van der Waals surface area contributed by atoms with Crippen molar-refractivity contribution in [2.45, 2.75) is 6.10 Å². The SMILES string of the molecule is O=C(O)/C(O)=C(\O)C(O)C(=O)CO. The van der Waals surface area contributed by atoms with E-state index in [4.69, 9.17) is 25.5 Å². The molecular weight excluding hydrogens is 184 g/mol. The lowest BCUT2D eigenvalue weighted by atomic mass is 10.2. The zero-order chi connectivity index (χ0) is 10.6. The second kappa shape index (κ2) is 4.43. The van der Waals surface area contributed by atoms with Crippen LogP contribution >= 0.6 is 0 Å². The van der Waals surface area contributed by atoms with Crippen molar-refractivity contribution in [1.82, 2.24) is 0 Å². The zero-order valence-corrected chi connectivity index (χ0v) is 6.34. The fraction of sp³-hybridized carbons (Fsp3) is 0.333. The standard InChI is InChI=1S/C6H8O7/c7-1-2(8)3(9)4(10)5(11)6(12)13/h3,7,9-11H,1H2,(H,12,13)/b5-4+. The van der Waals surface area contributed by atoms with Crippen LogP contribution in [0.5, 0.6) is 0 Å². The summed E-state index contributed by atoms with van der Waals surface area (Å²) in [5.74, 6) is -6.03. The maximum Gasteiger partial charge on any atom is 0.374 e. The summed E-state index contributed by atoms with van der Waals surface area (Å²) in [4.78, 5) is 20.5. The number of ketones is 1. The molecule has 0 aromatic carbocycles. The van der Waals surface area contributed by atoms with E-state index in [1.807, 2.05) is 0 Å². The van der Waals surface area contributed by atoms with E-state index in [0.29, 0.717) is 0 Å². The Balaban J connectivity index is 4.77. The highest BCUT2D eigenvalue weighted by Crippen LogP contribution is 2.04. The first-order valence-corrected chi connectivity index (χ1v) is 3.08. The summed E-state index contributed by atoms with van der Waals surface area (Å²) in [5.41, 5.74) is 0. The van der Waals surface area contributed by atoms with Crippen molar-refractivity contribution in [1.29, 1.82) is 0 Å². The van der Waals surface area contributed by atoms with Crippen LogP contribution in [-0.2, 0) is 9.59 Å². The highest BCUT2D eigenvalue weighted by Gasteiger charge is 2.25. The minimum atomic E-state index is -2.22. The molecule has 74 valence electrons. The van der Waals surface area contributed by atoms with Crippen LogP contribution in [0.1, 0.15) is 0 Å². The Morgan fingerprint density at radius 2 is 1.62 bits per heavy atom. The molecule has 0 saturated carbocycles. The lowest BCUT2D eigenvalue weighted by Crippen LogP contribution is -2.27. The average Bonchev–Trinajstić information content (AvgIpc) is 2.12. The predicted octanol–water partition coefficient (Wildman–Crippen LogP) is -1.68. The molecular formula is C6H8O7. The van der Waals surface area contributed by atoms with Crippen LogP contribution in [-0.4, -0.2) is 50.0 Å². The lowest BCUT2D eigenvalue weighted by molar-refractivity contribution is -0.136. The number of aliphatic hydroxyl groups excluding tert-OH is 4. The van der Waals surface area contributed by atoms with Crippen molar-refractivity contribution in [3.05, 3.63) is 11.5 Å². The number of rotatable bonds is 4. The first-order valence-electron chi connectivity index (χ1n) is 3.08. The van der Waals surface area contributed by atoms with Crippen LogP contribution in [0.15, 0.2) is 11.5 Å². The Morgan fingerprint density at radius 1 is 1.15 bits per heavy atom. The summed E-state index contributed by atoms with van der Waals surface area (Å²) in [6.45, 7) is -1.07. The van der Waals surface area contributed by atoms with Crippen LogP contribution < -0.4 is 0 Å². The van der Waals surface area contributed by atoms with Gasteiger partial charge in [0.05, 0.1) is 0 Å². The Morgan fingerprint density at radius 3 is 1.92 bits per heavy atom. The Labute approximate surface area is 72.2 Å². The molecule has 0 aromatic heterocycles. The minimum absolute atomic E-state index is 1.07. The predicted molar refractivity (Wildman–Crippen MR) is 38.0 cm³/mol. The number of hydrogen-bond donors (Lipinski definition) is 5. The number of Topliss-reactive ketones (excluding diaryl/α,β-unsaturated/α-hetero) is 1. The van der Waals surface area contributed by atoms with E-state index < -0.39 is 36.0 Å². The van der Waals surface area contributed by atoms with E-state index in [1.54, 1.807) is 0 Å². The molecule has 1 atom stereocenters. The van der Waals surface area contributed by atoms with Gasteiger partial charge in [0.15, 0.2) is 17.6 Å². The van der Waals surface area contributed by atoms with Crippen molar-refractivity contribution in [3.8, 4) is 0 Å². The van der Waals surface area contributed by atoms with Gasteiger partial charge in [-0.05, 0) is 0 Å². The van der Waals surface area contributed by atoms with Gasteiger partial charge in [-0.1, -0.05) is 0 Å². The van der Waals surface area contributed by atoms with Gasteiger partial charge < -0.3 is 25.5 Å². The Bertz CT molecular complexity index is 254. The summed E-state index contributed by atoms with van der Waals surface area (Å²) >= 11 is 0. The molecule has 7 heteroatoms. The number of carboxylic acid groups (broad SMARTS) is 1. The number of carbonyl (C=O) groups excluding carboxylic acids is 1. The molecule has 7 nitrogen and oxygen atoms in total. The van der Waals surface area contributed by atoms with Crippen LogP contribution in [0.25, 0.3) is 0 Å². The molecule has 0 aliphatic rings. The third-order valence-corrected chi connectivity index (χ3v) is 1.17. The maximum absolute atomic E-state index is 10.5. The van der Waals surface area contributed by atoms with E-state index in [0.717, 1.165) is 0 Å². The van der Waals surface area contributed by atoms with Crippen molar-refractivity contribution < 1.29 is 35.1 Å². The maximum atomic E-state index is 10.5. The fourth-order valence-electron chi connectivity index (χ4n) is 0.478. The summed E-state index contributed by atoms with van der Waals surface area (Å²) < 4.78 is 0. The number of aliphatic hydroxyl groups is 4. The van der Waals surface area contributed by atoms with E-state index in [-0.39, 0.29) is 0 Å². The van der Waals surface area contributed by atoms with Gasteiger partial charge >= 0.3 is 5.97 Å². The minimum Gasteiger partial charge on any atom is -0.506 e.